The minimum atomic E-state index is -0.854. The standard InChI is InChI=1S/C24H26N6O2/c31-24(32)29-15-11-19(12-16-29)26-23-25-13-10-21(28-23)30-14-4-7-18-8-9-20(27-22(18)30)17-5-2-1-3-6-17/h1-3,5-6,8-10,13,19H,4,7,11-12,14-16H2,(H,31,32)(H,25,26,28). The molecule has 0 saturated carbocycles. The van der Waals surface area contributed by atoms with Gasteiger partial charge in [-0.05, 0) is 43.4 Å². The molecule has 1 aromatic carbocycles. The summed E-state index contributed by atoms with van der Waals surface area (Å²) in [7, 11) is 0. The van der Waals surface area contributed by atoms with Crippen LogP contribution in [-0.4, -0.2) is 56.7 Å². The van der Waals surface area contributed by atoms with Crippen LogP contribution in [0.3, 0.4) is 0 Å². The van der Waals surface area contributed by atoms with E-state index < -0.39 is 6.09 Å². The van der Waals surface area contributed by atoms with Crippen molar-refractivity contribution in [1.82, 2.24) is 19.9 Å². The highest BCUT2D eigenvalue weighted by Crippen LogP contribution is 2.33. The Labute approximate surface area is 187 Å². The van der Waals surface area contributed by atoms with Gasteiger partial charge >= 0.3 is 6.09 Å². The minimum Gasteiger partial charge on any atom is -0.465 e. The molecule has 2 aliphatic rings. The van der Waals surface area contributed by atoms with E-state index >= 15 is 0 Å². The van der Waals surface area contributed by atoms with Crippen molar-refractivity contribution in [1.29, 1.82) is 0 Å². The zero-order valence-electron chi connectivity index (χ0n) is 17.8. The van der Waals surface area contributed by atoms with Gasteiger partial charge in [0.05, 0.1) is 5.69 Å². The van der Waals surface area contributed by atoms with Crippen LogP contribution in [0, 0.1) is 0 Å². The zero-order valence-corrected chi connectivity index (χ0v) is 17.8. The average molecular weight is 431 g/mol. The number of hydrogen-bond donors (Lipinski definition) is 2. The molecule has 2 aliphatic heterocycles. The maximum Gasteiger partial charge on any atom is 0.407 e. The SMILES string of the molecule is O=C(O)N1CCC(Nc2nccc(N3CCCc4ccc(-c5ccccc5)nc43)n2)CC1. The lowest BCUT2D eigenvalue weighted by molar-refractivity contribution is 0.133. The van der Waals surface area contributed by atoms with Crippen LogP contribution in [0.15, 0.2) is 54.7 Å². The van der Waals surface area contributed by atoms with E-state index in [0.29, 0.717) is 19.0 Å². The number of nitrogens with one attached hydrogen (secondary N) is 1. The molecule has 2 N–H and O–H groups in total. The third-order valence-electron chi connectivity index (χ3n) is 6.13. The van der Waals surface area contributed by atoms with E-state index in [0.717, 1.165) is 55.1 Å². The first-order valence-electron chi connectivity index (χ1n) is 11.1. The van der Waals surface area contributed by atoms with Crippen molar-refractivity contribution in [3.8, 4) is 11.3 Å². The summed E-state index contributed by atoms with van der Waals surface area (Å²) < 4.78 is 0. The summed E-state index contributed by atoms with van der Waals surface area (Å²) in [4.78, 5) is 28.9. The molecule has 0 atom stereocenters. The van der Waals surface area contributed by atoms with Crippen LogP contribution in [0.25, 0.3) is 11.3 Å². The lowest BCUT2D eigenvalue weighted by Crippen LogP contribution is -2.41. The van der Waals surface area contributed by atoms with Crippen LogP contribution in [0.4, 0.5) is 22.4 Å². The second-order valence-electron chi connectivity index (χ2n) is 8.23. The molecule has 0 radical (unpaired) electrons. The van der Waals surface area contributed by atoms with Crippen molar-refractivity contribution in [3.63, 3.8) is 0 Å². The number of piperidine rings is 1. The van der Waals surface area contributed by atoms with E-state index in [-0.39, 0.29) is 6.04 Å². The molecule has 0 unspecified atom stereocenters. The Morgan fingerprint density at radius 1 is 1.00 bits per heavy atom. The van der Waals surface area contributed by atoms with Gasteiger partial charge in [0.1, 0.15) is 11.6 Å². The monoisotopic (exact) mass is 430 g/mol. The number of anilines is 3. The van der Waals surface area contributed by atoms with Crippen LogP contribution in [0.1, 0.15) is 24.8 Å². The normalized spacial score (nSPS) is 16.5. The highest BCUT2D eigenvalue weighted by atomic mass is 16.4. The van der Waals surface area contributed by atoms with E-state index in [2.05, 4.69) is 39.5 Å². The molecule has 1 saturated heterocycles. The number of fused-ring (bicyclic) bond motifs is 1. The Hall–Kier alpha value is -3.68. The fourth-order valence-corrected chi connectivity index (χ4v) is 4.40. The molecule has 164 valence electrons. The number of carboxylic acid groups (broad SMARTS) is 1. The number of benzene rings is 1. The molecular weight excluding hydrogens is 404 g/mol. The molecular formula is C24H26N6O2. The Morgan fingerprint density at radius 3 is 2.59 bits per heavy atom. The summed E-state index contributed by atoms with van der Waals surface area (Å²) in [5.41, 5.74) is 3.28. The van der Waals surface area contributed by atoms with Crippen molar-refractivity contribution in [2.24, 2.45) is 0 Å². The first-order chi connectivity index (χ1) is 15.7. The summed E-state index contributed by atoms with van der Waals surface area (Å²) in [6.45, 7) is 1.91. The molecule has 1 amide bonds. The lowest BCUT2D eigenvalue weighted by atomic mass is 10.0. The number of amides is 1. The summed E-state index contributed by atoms with van der Waals surface area (Å²) in [5, 5.41) is 12.5. The molecule has 0 spiro atoms. The summed E-state index contributed by atoms with van der Waals surface area (Å²) in [6, 6.07) is 16.6. The second kappa shape index (κ2) is 8.82. The molecule has 8 nitrogen and oxygen atoms in total. The third-order valence-corrected chi connectivity index (χ3v) is 6.13. The van der Waals surface area contributed by atoms with Gasteiger partial charge in [0.25, 0.3) is 0 Å². The largest absolute Gasteiger partial charge is 0.465 e. The fourth-order valence-electron chi connectivity index (χ4n) is 4.40. The van der Waals surface area contributed by atoms with E-state index in [1.165, 1.54) is 10.5 Å². The number of nitrogens with zero attached hydrogens (tertiary/aromatic N) is 5. The van der Waals surface area contributed by atoms with E-state index in [1.807, 2.05) is 24.3 Å². The highest BCUT2D eigenvalue weighted by Gasteiger charge is 2.24. The molecule has 8 heteroatoms. The molecule has 4 heterocycles. The highest BCUT2D eigenvalue weighted by molar-refractivity contribution is 5.68. The molecule has 0 bridgehead atoms. The maximum absolute atomic E-state index is 11.1. The van der Waals surface area contributed by atoms with Crippen LogP contribution < -0.4 is 10.2 Å². The van der Waals surface area contributed by atoms with E-state index in [1.54, 1.807) is 6.20 Å². The molecule has 0 aliphatic carbocycles. The number of hydrogen-bond acceptors (Lipinski definition) is 6. The van der Waals surface area contributed by atoms with Gasteiger partial charge in [0, 0.05) is 37.4 Å². The quantitative estimate of drug-likeness (QED) is 0.641. The lowest BCUT2D eigenvalue weighted by Gasteiger charge is -2.31. The minimum absolute atomic E-state index is 0.164. The van der Waals surface area contributed by atoms with Gasteiger partial charge in [0.15, 0.2) is 0 Å². The maximum atomic E-state index is 11.1. The van der Waals surface area contributed by atoms with Crippen LogP contribution in [-0.2, 0) is 6.42 Å². The van der Waals surface area contributed by atoms with Gasteiger partial charge in [-0.2, -0.15) is 4.98 Å². The summed E-state index contributed by atoms with van der Waals surface area (Å²) in [5.74, 6) is 2.35. The Morgan fingerprint density at radius 2 is 1.81 bits per heavy atom. The zero-order chi connectivity index (χ0) is 21.9. The number of rotatable bonds is 4. The molecule has 1 fully saturated rings. The third kappa shape index (κ3) is 4.21. The van der Waals surface area contributed by atoms with E-state index in [9.17, 15) is 4.79 Å². The van der Waals surface area contributed by atoms with Crippen LogP contribution >= 0.6 is 0 Å². The fraction of sp³-hybridized carbons (Fsp3) is 0.333. The van der Waals surface area contributed by atoms with Gasteiger partial charge in [-0.15, -0.1) is 0 Å². The molecule has 2 aromatic heterocycles. The van der Waals surface area contributed by atoms with Crippen molar-refractivity contribution < 1.29 is 9.90 Å². The molecule has 5 rings (SSSR count). The van der Waals surface area contributed by atoms with Gasteiger partial charge in [-0.3, -0.25) is 0 Å². The van der Waals surface area contributed by atoms with Crippen molar-refractivity contribution in [3.05, 3.63) is 60.3 Å². The number of aryl methyl sites for hydroxylation is 1. The van der Waals surface area contributed by atoms with Crippen LogP contribution in [0.2, 0.25) is 0 Å². The average Bonchev–Trinajstić information content (AvgIpc) is 2.84. The van der Waals surface area contributed by atoms with Crippen LogP contribution in [0.5, 0.6) is 0 Å². The number of aromatic nitrogens is 3. The second-order valence-corrected chi connectivity index (χ2v) is 8.23. The topological polar surface area (TPSA) is 94.5 Å². The predicted octanol–water partition coefficient (Wildman–Crippen LogP) is 4.18. The predicted molar refractivity (Wildman–Crippen MR) is 123 cm³/mol. The Kier molecular flexibility index (Phi) is 5.58. The van der Waals surface area contributed by atoms with Gasteiger partial charge in [-0.1, -0.05) is 36.4 Å². The summed E-state index contributed by atoms with van der Waals surface area (Å²) >= 11 is 0. The number of likely N-dealkylation sites (tertiary alicyclic amines) is 1. The smallest absolute Gasteiger partial charge is 0.407 e. The van der Waals surface area contributed by atoms with Gasteiger partial charge in [-0.25, -0.2) is 14.8 Å². The number of pyridine rings is 1. The molecule has 3 aromatic rings. The Bertz CT molecular complexity index is 1100. The van der Waals surface area contributed by atoms with Gasteiger partial charge < -0.3 is 20.2 Å². The van der Waals surface area contributed by atoms with Gasteiger partial charge in [0.2, 0.25) is 5.95 Å². The summed E-state index contributed by atoms with van der Waals surface area (Å²) in [6.07, 6.45) is 4.45. The Balaban J connectivity index is 1.37. The van der Waals surface area contributed by atoms with Crippen molar-refractivity contribution in [2.45, 2.75) is 31.7 Å². The van der Waals surface area contributed by atoms with Crippen molar-refractivity contribution in [2.75, 3.05) is 29.9 Å². The van der Waals surface area contributed by atoms with Crippen molar-refractivity contribution >= 4 is 23.7 Å². The molecule has 32 heavy (non-hydrogen) atoms. The first kappa shape index (κ1) is 20.2. The number of carbonyl (C=O) groups is 1. The first-order valence-corrected chi connectivity index (χ1v) is 11.1. The van der Waals surface area contributed by atoms with E-state index in [4.69, 9.17) is 15.1 Å².